The fraction of sp³-hybridized carbons (Fsp3) is 0.130. The first-order valence-electron chi connectivity index (χ1n) is 29.2. The molecule has 0 saturated heterocycles. The normalized spacial score (nSPS) is 13.0. The van der Waals surface area contributed by atoms with Crippen LogP contribution < -0.4 is 31.9 Å². The summed E-state index contributed by atoms with van der Waals surface area (Å²) in [5, 5.41) is 16.9. The van der Waals surface area contributed by atoms with Crippen molar-refractivity contribution in [2.24, 2.45) is 15.0 Å². The van der Waals surface area contributed by atoms with E-state index in [2.05, 4.69) is 103 Å². The molecule has 0 spiro atoms. The van der Waals surface area contributed by atoms with Crippen LogP contribution in [0.5, 0.6) is 0 Å². The lowest BCUT2D eigenvalue weighted by molar-refractivity contribution is 0.100. The summed E-state index contributed by atoms with van der Waals surface area (Å²) >= 11 is 12.4. The highest BCUT2D eigenvalue weighted by atomic mass is 79.9. The Balaban J connectivity index is 0.000000154. The first-order valence-corrected chi connectivity index (χ1v) is 31.2. The zero-order valence-electron chi connectivity index (χ0n) is 50.7. The minimum Gasteiger partial charge on any atom is -0.358 e. The van der Waals surface area contributed by atoms with Crippen LogP contribution in [0.15, 0.2) is 218 Å². The molecule has 21 nitrogen and oxygen atoms in total. The number of halogens is 4. The van der Waals surface area contributed by atoms with Gasteiger partial charge in [0.1, 0.15) is 40.8 Å². The SMILES string of the molecule is CN1CCN=C1c1ccc(C(=O)Nc2ccccc2C(=O)Nc2ccc(Br)cn2)c(F)c1.CN1CCN=C1c1ccc(C(=O)Nc2ccccc2C(=O)Nc2ccc(Br)cn2)cc1.CN1CCN=C1c1ccc(C(=O)Nc2ccccc2C(=O)Nc2ccc(Cl)cn2)cc1. The number of nitrogens with one attached hydrogen (secondary N) is 6. The Morgan fingerprint density at radius 2 is 0.734 bits per heavy atom. The minimum atomic E-state index is -0.663. The van der Waals surface area contributed by atoms with Gasteiger partial charge in [-0.1, -0.05) is 78.3 Å². The third-order valence-electron chi connectivity index (χ3n) is 14.6. The maximum atomic E-state index is 14.7. The van der Waals surface area contributed by atoms with Gasteiger partial charge in [-0.05, 0) is 141 Å². The Bertz CT molecular complexity index is 4210. The molecular weight excluding hydrogens is 1350 g/mol. The van der Waals surface area contributed by atoms with Gasteiger partial charge in [0.25, 0.3) is 35.4 Å². The monoisotopic (exact) mass is 1410 g/mol. The summed E-state index contributed by atoms with van der Waals surface area (Å²) < 4.78 is 16.3. The number of nitrogens with zero attached hydrogens (tertiary/aromatic N) is 9. The summed E-state index contributed by atoms with van der Waals surface area (Å²) in [6, 6.07) is 49.2. The summed E-state index contributed by atoms with van der Waals surface area (Å²) in [4.78, 5) is 108. The van der Waals surface area contributed by atoms with Crippen LogP contribution in [0.25, 0.3) is 0 Å². The second-order valence-corrected chi connectivity index (χ2v) is 23.4. The quantitative estimate of drug-likeness (QED) is 0.0560. The molecule has 3 aliphatic rings. The van der Waals surface area contributed by atoms with E-state index in [0.29, 0.717) is 74.0 Å². The van der Waals surface area contributed by atoms with Crippen molar-refractivity contribution in [1.29, 1.82) is 0 Å². The van der Waals surface area contributed by atoms with Crippen molar-refractivity contribution in [2.75, 3.05) is 92.3 Å². The Labute approximate surface area is 562 Å². The van der Waals surface area contributed by atoms with E-state index in [0.717, 1.165) is 64.5 Å². The Kier molecular flexibility index (Phi) is 21.8. The number of carbonyl (C=O) groups is 6. The largest absolute Gasteiger partial charge is 0.358 e. The summed E-state index contributed by atoms with van der Waals surface area (Å²) in [7, 11) is 5.88. The van der Waals surface area contributed by atoms with Crippen molar-refractivity contribution in [3.05, 3.63) is 264 Å². The van der Waals surface area contributed by atoms with Crippen molar-refractivity contribution < 1.29 is 33.2 Å². The number of benzene rings is 6. The number of amides is 6. The minimum absolute atomic E-state index is 0.125. The van der Waals surface area contributed by atoms with Gasteiger partial charge in [-0.15, -0.1) is 0 Å². The molecule has 3 aromatic heterocycles. The number of aromatic nitrogens is 3. The van der Waals surface area contributed by atoms with Gasteiger partial charge in [0.2, 0.25) is 0 Å². The summed E-state index contributed by atoms with van der Waals surface area (Å²) in [5.74, 6) is 0.576. The molecule has 6 N–H and O–H groups in total. The zero-order chi connectivity index (χ0) is 66.3. The maximum absolute atomic E-state index is 14.7. The van der Waals surface area contributed by atoms with E-state index in [1.807, 2.05) is 50.3 Å². The third-order valence-corrected chi connectivity index (χ3v) is 15.8. The number of para-hydroxylation sites is 3. The van der Waals surface area contributed by atoms with Gasteiger partial charge in [-0.25, -0.2) is 19.3 Å². The predicted molar refractivity (Wildman–Crippen MR) is 372 cm³/mol. The summed E-state index contributed by atoms with van der Waals surface area (Å²) in [5.41, 5.74) is 5.39. The molecule has 0 radical (unpaired) electrons. The van der Waals surface area contributed by atoms with E-state index in [1.165, 1.54) is 18.3 Å². The molecule has 474 valence electrons. The third kappa shape index (κ3) is 17.0. The first kappa shape index (κ1) is 66.1. The molecule has 0 atom stereocenters. The average Bonchev–Trinajstić information content (AvgIpc) is 1.23. The molecule has 25 heteroatoms. The molecule has 0 bridgehead atoms. The highest BCUT2D eigenvalue weighted by Crippen LogP contribution is 2.25. The highest BCUT2D eigenvalue weighted by Gasteiger charge is 2.23. The van der Waals surface area contributed by atoms with Gasteiger partial charge >= 0.3 is 0 Å². The fourth-order valence-corrected chi connectivity index (χ4v) is 10.3. The molecule has 12 rings (SSSR count). The second kappa shape index (κ2) is 31.0. The molecule has 9 aromatic rings. The fourth-order valence-electron chi connectivity index (χ4n) is 9.76. The predicted octanol–water partition coefficient (Wildman–Crippen LogP) is 12.2. The number of hydrogen-bond donors (Lipinski definition) is 6. The Hall–Kier alpha value is -10.8. The summed E-state index contributed by atoms with van der Waals surface area (Å²) in [6.07, 6.45) is 4.61. The van der Waals surface area contributed by atoms with Crippen LogP contribution in [0.2, 0.25) is 5.02 Å². The molecule has 6 aromatic carbocycles. The molecule has 3 aliphatic heterocycles. The van der Waals surface area contributed by atoms with Crippen LogP contribution in [0.1, 0.15) is 78.8 Å². The van der Waals surface area contributed by atoms with Gasteiger partial charge < -0.3 is 46.6 Å². The van der Waals surface area contributed by atoms with Crippen molar-refractivity contribution in [3.8, 4) is 0 Å². The summed E-state index contributed by atoms with van der Waals surface area (Å²) in [6.45, 7) is 4.77. The number of hydrogen-bond acceptors (Lipinski definition) is 15. The molecule has 94 heavy (non-hydrogen) atoms. The van der Waals surface area contributed by atoms with E-state index in [-0.39, 0.29) is 40.4 Å². The smallest absolute Gasteiger partial charge is 0.258 e. The van der Waals surface area contributed by atoms with E-state index < -0.39 is 17.6 Å². The van der Waals surface area contributed by atoms with Crippen LogP contribution in [-0.2, 0) is 0 Å². The van der Waals surface area contributed by atoms with Crippen LogP contribution in [0.4, 0.5) is 38.9 Å². The number of pyridine rings is 3. The maximum Gasteiger partial charge on any atom is 0.258 e. The van der Waals surface area contributed by atoms with Gasteiger partial charge in [0.15, 0.2) is 0 Å². The van der Waals surface area contributed by atoms with Crippen LogP contribution in [0, 0.1) is 5.82 Å². The molecule has 0 saturated carbocycles. The molecule has 0 fully saturated rings. The molecule has 0 aliphatic carbocycles. The number of rotatable bonds is 15. The Morgan fingerprint density at radius 3 is 1.07 bits per heavy atom. The van der Waals surface area contributed by atoms with Crippen LogP contribution in [0.3, 0.4) is 0 Å². The van der Waals surface area contributed by atoms with E-state index in [4.69, 9.17) is 11.6 Å². The van der Waals surface area contributed by atoms with Crippen LogP contribution >= 0.6 is 43.5 Å². The number of aliphatic imine (C=N–C) groups is 3. The van der Waals surface area contributed by atoms with E-state index in [1.54, 1.807) is 152 Å². The van der Waals surface area contributed by atoms with Crippen molar-refractivity contribution >= 4 is 131 Å². The Morgan fingerprint density at radius 1 is 0.394 bits per heavy atom. The highest BCUT2D eigenvalue weighted by molar-refractivity contribution is 9.10. The molecule has 6 heterocycles. The van der Waals surface area contributed by atoms with Gasteiger partial charge in [0.05, 0.1) is 64.0 Å². The lowest BCUT2D eigenvalue weighted by Crippen LogP contribution is -2.24. The lowest BCUT2D eigenvalue weighted by Gasteiger charge is -2.15. The van der Waals surface area contributed by atoms with Gasteiger partial charge in [-0.3, -0.25) is 43.7 Å². The number of amidine groups is 3. The van der Waals surface area contributed by atoms with E-state index in [9.17, 15) is 33.2 Å². The topological polar surface area (TPSA) is 260 Å². The lowest BCUT2D eigenvalue weighted by atomic mass is 10.1. The average molecular weight is 1410 g/mol. The number of carbonyl (C=O) groups excluding carboxylic acids is 6. The molecular formula is C69H59Br2ClFN15O6. The number of anilines is 6. The molecule has 0 unspecified atom stereocenters. The zero-order valence-corrected chi connectivity index (χ0v) is 54.6. The first-order chi connectivity index (χ1) is 45.4. The standard InChI is InChI=1S/C23H19BrFN5O2.C23H20BrN5O2.C23H20ClN5O2/c1-30-11-10-26-21(30)14-6-8-16(18(25)12-14)22(31)28-19-5-3-2-4-17(19)23(32)29-20-9-7-15(24)13-27-20;2*1-29-13-12-25-21(29)15-6-8-16(9-7-15)22(30)27-19-5-3-2-4-18(19)23(31)28-20-11-10-17(24)14-26-20/h2-9,12-13H,10-11H2,1H3,(H,28,31)(H,27,29,32);2*2-11,14H,12-13H2,1H3,(H,27,30)(H,26,28,31). The van der Waals surface area contributed by atoms with Crippen molar-refractivity contribution in [1.82, 2.24) is 29.7 Å². The molecule has 6 amide bonds. The van der Waals surface area contributed by atoms with Crippen molar-refractivity contribution in [3.63, 3.8) is 0 Å². The van der Waals surface area contributed by atoms with Gasteiger partial charge in [0, 0.05) is 96.1 Å². The second-order valence-electron chi connectivity index (χ2n) is 21.2. The van der Waals surface area contributed by atoms with Crippen molar-refractivity contribution in [2.45, 2.75) is 0 Å². The van der Waals surface area contributed by atoms with E-state index >= 15 is 0 Å². The van der Waals surface area contributed by atoms with Crippen LogP contribution in [-0.4, -0.2) is 143 Å². The number of likely N-dealkylation sites (N-methyl/N-ethyl adjacent to an activating group) is 3. The van der Waals surface area contributed by atoms with Gasteiger partial charge in [-0.2, -0.15) is 0 Å².